The molecular weight excluding hydrogens is 392 g/mol. The first-order valence-corrected chi connectivity index (χ1v) is 11.1. The second kappa shape index (κ2) is 6.95. The Hall–Kier alpha value is -2.61. The predicted octanol–water partition coefficient (Wildman–Crippen LogP) is 0.607. The van der Waals surface area contributed by atoms with E-state index < -0.39 is 17.7 Å². The molecule has 3 aliphatic heterocycles. The van der Waals surface area contributed by atoms with E-state index in [1.807, 2.05) is 17.0 Å². The van der Waals surface area contributed by atoms with Crippen molar-refractivity contribution < 1.29 is 14.7 Å². The number of aromatic nitrogens is 1. The minimum Gasteiger partial charge on any atom is -0.392 e. The number of rotatable bonds is 3. The van der Waals surface area contributed by atoms with Gasteiger partial charge in [-0.3, -0.25) is 29.3 Å². The molecule has 2 atom stereocenters. The SMILES string of the molecule is O=C1C2CC(O)CN2C2(CN(C3Cc4ccccc4C3)C2)C(=O)N1Cc1cccnc1. The summed E-state index contributed by atoms with van der Waals surface area (Å²) in [6, 6.07) is 12.2. The minimum absolute atomic E-state index is 0.126. The Kier molecular flexibility index (Phi) is 4.28. The zero-order valence-corrected chi connectivity index (χ0v) is 17.4. The minimum atomic E-state index is -0.715. The number of hydrogen-bond acceptors (Lipinski definition) is 6. The first kappa shape index (κ1) is 19.1. The number of amides is 2. The van der Waals surface area contributed by atoms with Gasteiger partial charge in [-0.15, -0.1) is 0 Å². The van der Waals surface area contributed by atoms with Crippen LogP contribution in [0.15, 0.2) is 48.8 Å². The number of piperazine rings is 1. The van der Waals surface area contributed by atoms with Crippen molar-refractivity contribution in [3.8, 4) is 0 Å². The lowest BCUT2D eigenvalue weighted by Crippen LogP contribution is -2.82. The van der Waals surface area contributed by atoms with Crippen molar-refractivity contribution >= 4 is 11.8 Å². The van der Waals surface area contributed by atoms with Crippen LogP contribution in [0.2, 0.25) is 0 Å². The zero-order valence-electron chi connectivity index (χ0n) is 17.4. The third-order valence-corrected chi connectivity index (χ3v) is 7.56. The molecule has 4 heterocycles. The molecule has 6 rings (SSSR count). The molecule has 0 saturated carbocycles. The van der Waals surface area contributed by atoms with Gasteiger partial charge in [0.15, 0.2) is 0 Å². The number of β-amino-alcohol motifs (C(OH)–C–C–N with tert-alkyl or cyclic N) is 1. The fourth-order valence-electron chi connectivity index (χ4n) is 5.99. The number of likely N-dealkylation sites (tertiary alicyclic amines) is 1. The summed E-state index contributed by atoms with van der Waals surface area (Å²) in [5.41, 5.74) is 2.92. The average Bonchev–Trinajstić information content (AvgIpc) is 3.35. The van der Waals surface area contributed by atoms with Crippen molar-refractivity contribution in [1.29, 1.82) is 0 Å². The maximum Gasteiger partial charge on any atom is 0.252 e. The summed E-state index contributed by atoms with van der Waals surface area (Å²) in [5, 5.41) is 10.3. The number of benzene rings is 1. The van der Waals surface area contributed by atoms with Gasteiger partial charge in [0.25, 0.3) is 5.91 Å². The molecule has 2 amide bonds. The number of nitrogens with zero attached hydrogens (tertiary/aromatic N) is 4. The van der Waals surface area contributed by atoms with Crippen molar-refractivity contribution in [3.63, 3.8) is 0 Å². The van der Waals surface area contributed by atoms with E-state index in [1.165, 1.54) is 16.0 Å². The topological polar surface area (TPSA) is 77.0 Å². The molecule has 4 aliphatic rings. The van der Waals surface area contributed by atoms with Gasteiger partial charge in [0.05, 0.1) is 18.7 Å². The van der Waals surface area contributed by atoms with Gasteiger partial charge in [-0.25, -0.2) is 0 Å². The second-order valence-electron chi connectivity index (χ2n) is 9.42. The quantitative estimate of drug-likeness (QED) is 0.736. The number of pyridine rings is 1. The highest BCUT2D eigenvalue weighted by molar-refractivity contribution is 6.06. The molecule has 1 aromatic heterocycles. The van der Waals surface area contributed by atoms with Crippen molar-refractivity contribution in [1.82, 2.24) is 19.7 Å². The Morgan fingerprint density at radius 3 is 2.48 bits per heavy atom. The fraction of sp³-hybridized carbons (Fsp3) is 0.458. The van der Waals surface area contributed by atoms with E-state index in [0.29, 0.717) is 32.1 Å². The molecule has 7 nitrogen and oxygen atoms in total. The largest absolute Gasteiger partial charge is 0.392 e. The van der Waals surface area contributed by atoms with Crippen LogP contribution in [0.25, 0.3) is 0 Å². The molecule has 31 heavy (non-hydrogen) atoms. The number of fused-ring (bicyclic) bond motifs is 3. The summed E-state index contributed by atoms with van der Waals surface area (Å²) in [4.78, 5) is 36.8. The number of carbonyl (C=O) groups excluding carboxylic acids is 2. The fourth-order valence-corrected chi connectivity index (χ4v) is 5.99. The van der Waals surface area contributed by atoms with Crippen LogP contribution >= 0.6 is 0 Å². The molecule has 0 bridgehead atoms. The van der Waals surface area contributed by atoms with E-state index in [-0.39, 0.29) is 18.4 Å². The summed E-state index contributed by atoms with van der Waals surface area (Å²) in [6.45, 7) is 1.86. The molecule has 1 aromatic carbocycles. The average molecular weight is 418 g/mol. The van der Waals surface area contributed by atoms with E-state index in [9.17, 15) is 14.7 Å². The van der Waals surface area contributed by atoms with Crippen LogP contribution in [0.5, 0.6) is 0 Å². The number of aliphatic hydroxyl groups excluding tert-OH is 1. The zero-order chi connectivity index (χ0) is 21.2. The number of hydrogen-bond donors (Lipinski definition) is 1. The second-order valence-corrected chi connectivity index (χ2v) is 9.42. The maximum absolute atomic E-state index is 13.7. The summed E-state index contributed by atoms with van der Waals surface area (Å²) in [5.74, 6) is -0.318. The highest BCUT2D eigenvalue weighted by atomic mass is 16.3. The number of imide groups is 1. The van der Waals surface area contributed by atoms with Gasteiger partial charge < -0.3 is 5.11 Å². The van der Waals surface area contributed by atoms with Crippen molar-refractivity contribution in [2.75, 3.05) is 19.6 Å². The Labute approximate surface area is 181 Å². The van der Waals surface area contributed by atoms with E-state index >= 15 is 0 Å². The summed E-state index contributed by atoms with van der Waals surface area (Å²) >= 11 is 0. The highest BCUT2D eigenvalue weighted by Crippen LogP contribution is 2.43. The van der Waals surface area contributed by atoms with Gasteiger partial charge >= 0.3 is 0 Å². The smallest absolute Gasteiger partial charge is 0.252 e. The monoisotopic (exact) mass is 418 g/mol. The lowest BCUT2D eigenvalue weighted by atomic mass is 9.81. The van der Waals surface area contributed by atoms with Gasteiger partial charge in [0.1, 0.15) is 5.54 Å². The van der Waals surface area contributed by atoms with E-state index in [4.69, 9.17) is 0 Å². The highest BCUT2D eigenvalue weighted by Gasteiger charge is 2.65. The molecule has 3 fully saturated rings. The van der Waals surface area contributed by atoms with Crippen LogP contribution in [0, 0.1) is 0 Å². The molecule has 7 heteroatoms. The third-order valence-electron chi connectivity index (χ3n) is 7.56. The molecule has 160 valence electrons. The molecule has 1 spiro atoms. The molecule has 1 N–H and O–H groups in total. The summed E-state index contributed by atoms with van der Waals surface area (Å²) < 4.78 is 0. The summed E-state index contributed by atoms with van der Waals surface area (Å²) in [7, 11) is 0. The first-order valence-electron chi connectivity index (χ1n) is 11.1. The molecule has 3 saturated heterocycles. The van der Waals surface area contributed by atoms with Gasteiger partial charge in [-0.2, -0.15) is 0 Å². The normalized spacial score (nSPS) is 28.1. The van der Waals surface area contributed by atoms with Crippen LogP contribution in [0.4, 0.5) is 0 Å². The Morgan fingerprint density at radius 1 is 1.06 bits per heavy atom. The predicted molar refractivity (Wildman–Crippen MR) is 113 cm³/mol. The standard InChI is InChI=1S/C24H26N4O3/c29-20-10-21-22(30)27(12-16-4-3-7-25-11-16)23(31)24(28(21)13-20)14-26(15-24)19-8-17-5-1-2-6-18(17)9-19/h1-7,11,19-21,29H,8-10,12-15H2. The van der Waals surface area contributed by atoms with E-state index in [0.717, 1.165) is 18.4 Å². The lowest BCUT2D eigenvalue weighted by Gasteiger charge is -2.60. The van der Waals surface area contributed by atoms with E-state index in [2.05, 4.69) is 34.1 Å². The van der Waals surface area contributed by atoms with Crippen molar-refractivity contribution in [2.45, 2.75) is 49.5 Å². The third kappa shape index (κ3) is 2.87. The molecule has 0 radical (unpaired) electrons. The number of aliphatic hydroxyl groups is 1. The molecule has 2 aromatic rings. The number of carbonyl (C=O) groups is 2. The van der Waals surface area contributed by atoms with Gasteiger partial charge in [-0.05, 0) is 42.0 Å². The lowest BCUT2D eigenvalue weighted by molar-refractivity contribution is -0.183. The van der Waals surface area contributed by atoms with E-state index in [1.54, 1.807) is 12.4 Å². The van der Waals surface area contributed by atoms with Crippen LogP contribution < -0.4 is 0 Å². The van der Waals surface area contributed by atoms with Gasteiger partial charge in [-0.1, -0.05) is 30.3 Å². The van der Waals surface area contributed by atoms with Crippen LogP contribution in [-0.4, -0.2) is 80.0 Å². The van der Waals surface area contributed by atoms with Crippen LogP contribution in [0.1, 0.15) is 23.1 Å². The van der Waals surface area contributed by atoms with Crippen LogP contribution in [0.3, 0.4) is 0 Å². The maximum atomic E-state index is 13.7. The Morgan fingerprint density at radius 2 is 1.81 bits per heavy atom. The molecule has 1 aliphatic carbocycles. The van der Waals surface area contributed by atoms with Gasteiger partial charge in [0, 0.05) is 38.1 Å². The van der Waals surface area contributed by atoms with Gasteiger partial charge in [0.2, 0.25) is 5.91 Å². The first-order chi connectivity index (χ1) is 15.0. The van der Waals surface area contributed by atoms with Crippen molar-refractivity contribution in [3.05, 3.63) is 65.5 Å². The summed E-state index contributed by atoms with van der Waals surface area (Å²) in [6.07, 6.45) is 5.22. The molecule has 2 unspecified atom stereocenters. The Balaban J connectivity index is 1.26. The van der Waals surface area contributed by atoms with Crippen LogP contribution in [-0.2, 0) is 29.0 Å². The van der Waals surface area contributed by atoms with Crippen molar-refractivity contribution in [2.24, 2.45) is 0 Å². The Bertz CT molecular complexity index is 1010. The molecular formula is C24H26N4O3.